The second-order valence-corrected chi connectivity index (χ2v) is 8.63. The highest BCUT2D eigenvalue weighted by atomic mass is 35.5. The smallest absolute Gasteiger partial charge is 0.260 e. The predicted octanol–water partition coefficient (Wildman–Crippen LogP) is 5.89. The first-order valence-corrected chi connectivity index (χ1v) is 10.6. The number of aromatic nitrogens is 3. The van der Waals surface area contributed by atoms with E-state index in [1.165, 1.54) is 0 Å². The minimum atomic E-state index is -0.823. The Morgan fingerprint density at radius 1 is 0.968 bits per heavy atom. The summed E-state index contributed by atoms with van der Waals surface area (Å²) in [6.07, 6.45) is 7.65. The van der Waals surface area contributed by atoms with Gasteiger partial charge >= 0.3 is 0 Å². The monoisotopic (exact) mass is 448 g/mol. The molecular formula is C24H18Cl2N4O. The number of rotatable bonds is 4. The van der Waals surface area contributed by atoms with Gasteiger partial charge in [0, 0.05) is 41.3 Å². The zero-order valence-electron chi connectivity index (χ0n) is 16.7. The van der Waals surface area contributed by atoms with Crippen molar-refractivity contribution in [2.75, 3.05) is 4.90 Å². The van der Waals surface area contributed by atoms with Gasteiger partial charge in [0.15, 0.2) is 0 Å². The van der Waals surface area contributed by atoms with Crippen LogP contribution in [0.3, 0.4) is 0 Å². The number of pyridine rings is 1. The van der Waals surface area contributed by atoms with Crippen molar-refractivity contribution in [2.45, 2.75) is 18.9 Å². The number of hydrogen-bond acceptors (Lipinski definition) is 3. The van der Waals surface area contributed by atoms with E-state index >= 15 is 0 Å². The quantitative estimate of drug-likeness (QED) is 0.391. The second-order valence-electron chi connectivity index (χ2n) is 7.75. The number of fused-ring (bicyclic) bond motifs is 1. The van der Waals surface area contributed by atoms with E-state index in [1.807, 2.05) is 36.0 Å². The molecule has 4 aromatic rings. The number of anilines is 2. The van der Waals surface area contributed by atoms with Crippen molar-refractivity contribution in [1.82, 2.24) is 14.5 Å². The highest BCUT2D eigenvalue weighted by molar-refractivity contribution is 6.35. The Balaban J connectivity index is 1.49. The van der Waals surface area contributed by atoms with Crippen LogP contribution in [0.15, 0.2) is 79.4 Å². The zero-order valence-corrected chi connectivity index (χ0v) is 18.2. The largest absolute Gasteiger partial charge is 0.301 e. The minimum absolute atomic E-state index is 0.0785. The van der Waals surface area contributed by atoms with E-state index in [4.69, 9.17) is 23.2 Å². The third kappa shape index (κ3) is 3.40. The first kappa shape index (κ1) is 19.8. The molecule has 0 radical (unpaired) electrons. The van der Waals surface area contributed by atoms with Gasteiger partial charge in [-0.05, 0) is 47.9 Å². The molecule has 3 heterocycles. The second kappa shape index (κ2) is 7.52. The SMILES string of the molecule is CC1(Cc2ccc(-c3cccnc3)cc2)C(=O)N(c2cc(Cl)cc(Cl)c2)c2nccn21. The molecule has 0 fully saturated rings. The lowest BCUT2D eigenvalue weighted by Gasteiger charge is -2.25. The van der Waals surface area contributed by atoms with Gasteiger partial charge in [-0.15, -0.1) is 0 Å². The molecular weight excluding hydrogens is 431 g/mol. The highest BCUT2D eigenvalue weighted by Crippen LogP contribution is 2.42. The molecule has 0 saturated carbocycles. The Morgan fingerprint density at radius 2 is 1.71 bits per heavy atom. The highest BCUT2D eigenvalue weighted by Gasteiger charge is 2.48. The molecule has 0 aliphatic carbocycles. The Hall–Kier alpha value is -3.15. The lowest BCUT2D eigenvalue weighted by molar-refractivity contribution is -0.123. The van der Waals surface area contributed by atoms with Crippen LogP contribution in [0, 0.1) is 0 Å². The van der Waals surface area contributed by atoms with Crippen molar-refractivity contribution >= 4 is 40.7 Å². The van der Waals surface area contributed by atoms with Crippen LogP contribution in [-0.4, -0.2) is 20.4 Å². The number of halogens is 2. The Bertz CT molecular complexity index is 1250. The van der Waals surface area contributed by atoms with Crippen molar-refractivity contribution in [3.8, 4) is 11.1 Å². The summed E-state index contributed by atoms with van der Waals surface area (Å²) in [5.74, 6) is 0.475. The molecule has 1 aliphatic rings. The van der Waals surface area contributed by atoms with Gasteiger partial charge in [0.05, 0.1) is 5.69 Å². The maximum absolute atomic E-state index is 13.6. The van der Waals surface area contributed by atoms with Gasteiger partial charge in [-0.25, -0.2) is 9.88 Å². The summed E-state index contributed by atoms with van der Waals surface area (Å²) in [5, 5.41) is 0.931. The molecule has 1 unspecified atom stereocenters. The molecule has 0 N–H and O–H groups in total. The molecule has 0 saturated heterocycles. The van der Waals surface area contributed by atoms with Crippen LogP contribution in [0.25, 0.3) is 11.1 Å². The summed E-state index contributed by atoms with van der Waals surface area (Å²) in [7, 11) is 0. The van der Waals surface area contributed by atoms with Crippen molar-refractivity contribution < 1.29 is 4.79 Å². The predicted molar refractivity (Wildman–Crippen MR) is 123 cm³/mol. The number of hydrogen-bond donors (Lipinski definition) is 0. The average molecular weight is 449 g/mol. The topological polar surface area (TPSA) is 51.0 Å². The molecule has 0 bridgehead atoms. The summed E-state index contributed by atoms with van der Waals surface area (Å²) >= 11 is 12.4. The van der Waals surface area contributed by atoms with E-state index in [0.29, 0.717) is 28.1 Å². The number of imidazole rings is 1. The van der Waals surface area contributed by atoms with E-state index in [-0.39, 0.29) is 5.91 Å². The third-order valence-electron chi connectivity index (χ3n) is 5.62. The van der Waals surface area contributed by atoms with Gasteiger partial charge in [0.25, 0.3) is 5.91 Å². The molecule has 31 heavy (non-hydrogen) atoms. The Labute approximate surface area is 189 Å². The summed E-state index contributed by atoms with van der Waals surface area (Å²) in [4.78, 5) is 23.8. The molecule has 1 atom stereocenters. The van der Waals surface area contributed by atoms with Gasteiger partial charge in [0.2, 0.25) is 5.95 Å². The van der Waals surface area contributed by atoms with Gasteiger partial charge in [-0.2, -0.15) is 0 Å². The number of amides is 1. The number of benzene rings is 2. The van der Waals surface area contributed by atoms with Crippen molar-refractivity contribution in [3.05, 3.63) is 95.0 Å². The summed E-state index contributed by atoms with van der Waals surface area (Å²) in [6, 6.07) is 17.2. The molecule has 5 rings (SSSR count). The van der Waals surface area contributed by atoms with Gasteiger partial charge in [-0.3, -0.25) is 9.78 Å². The third-order valence-corrected chi connectivity index (χ3v) is 6.06. The summed E-state index contributed by atoms with van der Waals surface area (Å²) in [6.45, 7) is 1.93. The van der Waals surface area contributed by atoms with Gasteiger partial charge < -0.3 is 4.57 Å². The maximum atomic E-state index is 13.6. The first-order valence-electron chi connectivity index (χ1n) is 9.79. The Kier molecular flexibility index (Phi) is 4.80. The van der Waals surface area contributed by atoms with E-state index in [2.05, 4.69) is 34.2 Å². The fourth-order valence-corrected chi connectivity index (χ4v) is 4.60. The molecule has 7 heteroatoms. The molecule has 154 valence electrons. The standard InChI is InChI=1S/C24H18Cl2N4O/c1-24(14-16-4-6-17(7-5-16)18-3-2-8-27-15-18)22(31)30(23-28-9-10-29(23)24)21-12-19(25)11-20(26)13-21/h2-13,15H,14H2,1H3. The first-order chi connectivity index (χ1) is 15.0. The normalized spacial score (nSPS) is 17.8. The molecule has 1 amide bonds. The van der Waals surface area contributed by atoms with E-state index in [0.717, 1.165) is 16.7 Å². The number of carbonyl (C=O) groups excluding carboxylic acids is 1. The van der Waals surface area contributed by atoms with E-state index in [9.17, 15) is 4.79 Å². The van der Waals surface area contributed by atoms with Crippen LogP contribution in [0.1, 0.15) is 12.5 Å². The number of carbonyl (C=O) groups is 1. The lowest BCUT2D eigenvalue weighted by atomic mass is 9.91. The van der Waals surface area contributed by atoms with Gasteiger partial charge in [-0.1, -0.05) is 53.5 Å². The van der Waals surface area contributed by atoms with E-state index < -0.39 is 5.54 Å². The zero-order chi connectivity index (χ0) is 21.6. The average Bonchev–Trinajstić information content (AvgIpc) is 3.31. The van der Waals surface area contributed by atoms with Crippen LogP contribution in [0.4, 0.5) is 11.6 Å². The number of nitrogens with zero attached hydrogens (tertiary/aromatic N) is 4. The van der Waals surface area contributed by atoms with Crippen LogP contribution in [-0.2, 0) is 16.8 Å². The van der Waals surface area contributed by atoms with Crippen LogP contribution in [0.5, 0.6) is 0 Å². The molecule has 2 aromatic carbocycles. The summed E-state index contributed by atoms with van der Waals surface area (Å²) in [5.41, 5.74) is 2.97. The molecule has 2 aromatic heterocycles. The van der Waals surface area contributed by atoms with Gasteiger partial charge in [0.1, 0.15) is 5.54 Å². The van der Waals surface area contributed by atoms with E-state index in [1.54, 1.807) is 35.5 Å². The fraction of sp³-hybridized carbons (Fsp3) is 0.125. The minimum Gasteiger partial charge on any atom is -0.301 e. The summed E-state index contributed by atoms with van der Waals surface area (Å²) < 4.78 is 1.92. The van der Waals surface area contributed by atoms with Crippen LogP contribution < -0.4 is 4.90 Å². The maximum Gasteiger partial charge on any atom is 0.260 e. The molecule has 5 nitrogen and oxygen atoms in total. The lowest BCUT2D eigenvalue weighted by Crippen LogP contribution is -2.40. The van der Waals surface area contributed by atoms with Crippen molar-refractivity contribution in [1.29, 1.82) is 0 Å². The molecule has 1 aliphatic heterocycles. The fourth-order valence-electron chi connectivity index (χ4n) is 4.09. The van der Waals surface area contributed by atoms with Crippen LogP contribution >= 0.6 is 23.2 Å². The van der Waals surface area contributed by atoms with Crippen LogP contribution in [0.2, 0.25) is 10.0 Å². The van der Waals surface area contributed by atoms with Crippen molar-refractivity contribution in [3.63, 3.8) is 0 Å². The Morgan fingerprint density at radius 3 is 2.39 bits per heavy atom. The van der Waals surface area contributed by atoms with Crippen molar-refractivity contribution in [2.24, 2.45) is 0 Å². The molecule has 0 spiro atoms.